The summed E-state index contributed by atoms with van der Waals surface area (Å²) in [6, 6.07) is 12.9. The van der Waals surface area contributed by atoms with Crippen molar-refractivity contribution in [3.63, 3.8) is 0 Å². The number of fused-ring (bicyclic) bond motifs is 7. The zero-order valence-corrected chi connectivity index (χ0v) is 39.9. The fraction of sp³-hybridized carbons (Fsp3) is 0.538. The second kappa shape index (κ2) is 18.7. The summed E-state index contributed by atoms with van der Waals surface area (Å²) < 4.78 is 22.0. The number of carbonyl (C=O) groups is 4. The average Bonchev–Trinajstić information content (AvgIpc) is 4.18. The molecule has 3 saturated heterocycles. The predicted octanol–water partition coefficient (Wildman–Crippen LogP) is 8.72. The third kappa shape index (κ3) is 8.32. The number of nitrogens with zero attached hydrogens (tertiary/aromatic N) is 4. The molecule has 0 radical (unpaired) electrons. The number of hydrogen-bond acceptors (Lipinski definition) is 10. The summed E-state index contributed by atoms with van der Waals surface area (Å²) in [4.78, 5) is 75.2. The van der Waals surface area contributed by atoms with Crippen molar-refractivity contribution in [3.05, 3.63) is 65.9 Å². The smallest absolute Gasteiger partial charge is 0.407 e. The highest BCUT2D eigenvalue weighted by atomic mass is 16.5. The van der Waals surface area contributed by atoms with E-state index in [0.29, 0.717) is 44.5 Å². The number of carbonyl (C=O) groups excluding carboxylic acids is 4. The Kier molecular flexibility index (Phi) is 12.6. The van der Waals surface area contributed by atoms with Crippen molar-refractivity contribution < 1.29 is 38.1 Å². The minimum Gasteiger partial charge on any atom is -0.488 e. The van der Waals surface area contributed by atoms with E-state index in [1.807, 2.05) is 35.9 Å². The molecule has 4 amide bonds. The van der Waals surface area contributed by atoms with Gasteiger partial charge in [-0.25, -0.2) is 19.6 Å². The van der Waals surface area contributed by atoms with E-state index in [1.54, 1.807) is 0 Å². The molecule has 6 heterocycles. The minimum absolute atomic E-state index is 0.0390. The van der Waals surface area contributed by atoms with E-state index in [0.717, 1.165) is 112 Å². The lowest BCUT2D eigenvalue weighted by Crippen LogP contribution is -2.54. The van der Waals surface area contributed by atoms with Crippen LogP contribution in [0.5, 0.6) is 5.75 Å². The van der Waals surface area contributed by atoms with Crippen LogP contribution < -0.4 is 15.4 Å². The SMILES string of the molecule is CC[C@H](C)[C@H](NC(=O)OC)C(=O)N1[C@H](c2ncc(-c3ccc4c(c3)COc3cc5c(ccc6nc([C@@H]7CC[C@H](C)N7C(=O)[C@@H](NC(=O)OC)C7CCOCC7)[nH]c65)cc3-4)[nH]2)C[C@@H]2C[C@@H](C)CC[C@@H]21. The molecule has 0 unspecified atom stereocenters. The Balaban J connectivity index is 0.911. The van der Waals surface area contributed by atoms with Crippen LogP contribution in [0.4, 0.5) is 9.59 Å². The monoisotopic (exact) mass is 928 g/mol. The molecular formula is C52H64N8O8. The summed E-state index contributed by atoms with van der Waals surface area (Å²) in [6.07, 6.45) is 8.15. The molecular weight excluding hydrogens is 865 g/mol. The quantitative estimate of drug-likeness (QED) is 0.105. The summed E-state index contributed by atoms with van der Waals surface area (Å²) in [5.74, 6) is 2.87. The van der Waals surface area contributed by atoms with E-state index in [1.165, 1.54) is 14.2 Å². The van der Waals surface area contributed by atoms with Crippen LogP contribution in [-0.2, 0) is 30.4 Å². The van der Waals surface area contributed by atoms with Crippen LogP contribution >= 0.6 is 0 Å². The van der Waals surface area contributed by atoms with E-state index >= 15 is 0 Å². The van der Waals surface area contributed by atoms with Gasteiger partial charge in [-0.15, -0.1) is 0 Å². The summed E-state index contributed by atoms with van der Waals surface area (Å²) in [5, 5.41) is 7.73. The summed E-state index contributed by atoms with van der Waals surface area (Å²) >= 11 is 0. The Labute approximate surface area is 396 Å². The van der Waals surface area contributed by atoms with Gasteiger partial charge in [0.1, 0.15) is 36.1 Å². The zero-order chi connectivity index (χ0) is 47.4. The second-order valence-electron chi connectivity index (χ2n) is 20.0. The van der Waals surface area contributed by atoms with Crippen LogP contribution in [-0.4, -0.2) is 105 Å². The fourth-order valence-corrected chi connectivity index (χ4v) is 12.0. The number of aromatic nitrogens is 4. The van der Waals surface area contributed by atoms with Gasteiger partial charge in [-0.05, 0) is 128 Å². The third-order valence-electron chi connectivity index (χ3n) is 15.9. The minimum atomic E-state index is -0.723. The van der Waals surface area contributed by atoms with Gasteiger partial charge in [0.15, 0.2) is 0 Å². The van der Waals surface area contributed by atoms with Crippen LogP contribution in [0.3, 0.4) is 0 Å². The number of nitrogens with one attached hydrogen (secondary N) is 4. The van der Waals surface area contributed by atoms with Gasteiger partial charge in [-0.2, -0.15) is 0 Å². The number of imidazole rings is 2. The molecule has 16 nitrogen and oxygen atoms in total. The topological polar surface area (TPSA) is 193 Å². The lowest BCUT2D eigenvalue weighted by atomic mass is 9.79. The molecule has 0 bridgehead atoms. The molecule has 68 heavy (non-hydrogen) atoms. The molecule has 4 aliphatic heterocycles. The zero-order valence-electron chi connectivity index (χ0n) is 39.9. The molecule has 4 fully saturated rings. The maximum atomic E-state index is 14.6. The van der Waals surface area contributed by atoms with E-state index < -0.39 is 24.3 Å². The molecule has 5 aromatic rings. The van der Waals surface area contributed by atoms with Gasteiger partial charge in [0.25, 0.3) is 0 Å². The Bertz CT molecular complexity index is 2730. The summed E-state index contributed by atoms with van der Waals surface area (Å²) in [7, 11) is 2.64. The number of benzene rings is 3. The molecule has 3 aromatic carbocycles. The van der Waals surface area contributed by atoms with Crippen molar-refractivity contribution in [1.82, 2.24) is 40.4 Å². The number of likely N-dealkylation sites (tertiary alicyclic amines) is 2. The van der Waals surface area contributed by atoms with Crippen LogP contribution in [0.2, 0.25) is 0 Å². The van der Waals surface area contributed by atoms with Gasteiger partial charge < -0.3 is 49.3 Å². The third-order valence-corrected chi connectivity index (χ3v) is 15.9. The highest BCUT2D eigenvalue weighted by molar-refractivity contribution is 6.07. The van der Waals surface area contributed by atoms with Gasteiger partial charge in [-0.1, -0.05) is 45.4 Å². The highest BCUT2D eigenvalue weighted by Crippen LogP contribution is 2.49. The molecule has 2 aromatic heterocycles. The number of ether oxygens (including phenoxy) is 4. The molecule has 5 aliphatic rings. The Hall–Kier alpha value is -6.16. The second-order valence-corrected chi connectivity index (χ2v) is 20.0. The van der Waals surface area contributed by atoms with Crippen molar-refractivity contribution in [3.8, 4) is 28.1 Å². The maximum absolute atomic E-state index is 14.6. The van der Waals surface area contributed by atoms with Gasteiger partial charge >= 0.3 is 12.2 Å². The van der Waals surface area contributed by atoms with Crippen LogP contribution in [0, 0.1) is 23.7 Å². The van der Waals surface area contributed by atoms with E-state index in [4.69, 9.17) is 28.9 Å². The lowest BCUT2D eigenvalue weighted by Gasteiger charge is -2.38. The van der Waals surface area contributed by atoms with Gasteiger partial charge in [0.05, 0.1) is 49.2 Å². The van der Waals surface area contributed by atoms with Crippen molar-refractivity contribution >= 4 is 45.8 Å². The first-order valence-corrected chi connectivity index (χ1v) is 24.6. The van der Waals surface area contributed by atoms with Gasteiger partial charge in [0.2, 0.25) is 11.8 Å². The molecule has 10 rings (SSSR count). The van der Waals surface area contributed by atoms with Crippen molar-refractivity contribution in [2.45, 2.75) is 128 Å². The van der Waals surface area contributed by atoms with Gasteiger partial charge in [-0.3, -0.25) is 9.59 Å². The molecule has 4 N–H and O–H groups in total. The van der Waals surface area contributed by atoms with E-state index in [-0.39, 0.29) is 47.8 Å². The maximum Gasteiger partial charge on any atom is 0.407 e. The predicted molar refractivity (Wildman–Crippen MR) is 255 cm³/mol. The number of hydrogen-bond donors (Lipinski definition) is 4. The van der Waals surface area contributed by atoms with Crippen molar-refractivity contribution in [2.75, 3.05) is 27.4 Å². The van der Waals surface area contributed by atoms with Crippen LogP contribution in [0.1, 0.15) is 115 Å². The van der Waals surface area contributed by atoms with E-state index in [9.17, 15) is 19.2 Å². The van der Waals surface area contributed by atoms with Crippen LogP contribution in [0.25, 0.3) is 44.2 Å². The number of rotatable bonds is 10. The summed E-state index contributed by atoms with van der Waals surface area (Å²) in [6.45, 7) is 9.86. The Morgan fingerprint density at radius 3 is 2.41 bits per heavy atom. The fourth-order valence-electron chi connectivity index (χ4n) is 12.0. The molecule has 1 aliphatic carbocycles. The number of methoxy groups -OCH3 is 2. The number of alkyl carbamates (subject to hydrolysis) is 2. The van der Waals surface area contributed by atoms with Crippen molar-refractivity contribution in [2.24, 2.45) is 23.7 Å². The molecule has 9 atom stereocenters. The van der Waals surface area contributed by atoms with Crippen molar-refractivity contribution in [1.29, 1.82) is 0 Å². The molecule has 16 heteroatoms. The highest BCUT2D eigenvalue weighted by Gasteiger charge is 2.50. The Morgan fingerprint density at radius 2 is 1.63 bits per heavy atom. The molecule has 0 spiro atoms. The average molecular weight is 929 g/mol. The van der Waals surface area contributed by atoms with Gasteiger partial charge in [0, 0.05) is 36.2 Å². The number of amides is 4. The largest absolute Gasteiger partial charge is 0.488 e. The standard InChI is InChI=1S/C52H64N8O8/c1-7-28(3)44(57-51(63)65-5)49(61)60-40-14-8-27(2)20-33(40)23-42(60)47-53-25-39(55-47)32-10-12-35-34(21-32)26-68-43-24-36-31(22-37(35)43)11-13-38-46(36)56-48(54-38)41-15-9-29(4)59(41)50(62)45(58-52(64)66-6)30-16-18-67-19-17-30/h10-13,21-22,24-25,27-30,33,40-42,44-45H,7-9,14-20,23,26H2,1-6H3,(H,53,55)(H,54,56)(H,57,63)(H,58,64)/t27-,28-,29-,33-,40-,41-,42-,44-,45-/m0/s1. The first kappa shape index (κ1) is 45.6. The summed E-state index contributed by atoms with van der Waals surface area (Å²) in [5.41, 5.74) is 6.67. The van der Waals surface area contributed by atoms with E-state index in [2.05, 4.69) is 70.8 Å². The number of aromatic amines is 2. The lowest BCUT2D eigenvalue weighted by molar-refractivity contribution is -0.139. The molecule has 1 saturated carbocycles. The Morgan fingerprint density at radius 1 is 0.838 bits per heavy atom. The first-order chi connectivity index (χ1) is 32.9. The first-order valence-electron chi connectivity index (χ1n) is 24.6. The van der Waals surface area contributed by atoms with Crippen LogP contribution in [0.15, 0.2) is 48.7 Å². The normalized spacial score (nSPS) is 24.9. The molecule has 360 valence electrons. The number of H-pyrrole nitrogens is 2.